The number of aromatic nitrogens is 1. The number of hydrogen-bond acceptors (Lipinski definition) is 3. The van der Waals surface area contributed by atoms with Crippen LogP contribution in [0.2, 0.25) is 0 Å². The Hall–Kier alpha value is -2.13. The van der Waals surface area contributed by atoms with E-state index in [9.17, 15) is 26.7 Å². The molecule has 2 rings (SSSR count). The van der Waals surface area contributed by atoms with Crippen LogP contribution in [-0.4, -0.2) is 29.8 Å². The molecule has 2 unspecified atom stereocenters. The van der Waals surface area contributed by atoms with Crippen molar-refractivity contribution in [3.8, 4) is 5.88 Å². The molecule has 122 valence electrons. The lowest BCUT2D eigenvalue weighted by molar-refractivity contribution is -0.148. The minimum Gasteiger partial charge on any atom is -0.417 e. The second-order valence-corrected chi connectivity index (χ2v) is 4.48. The Bertz CT molecular complexity index is 615. The number of carbonyl (C=O) groups is 1. The smallest absolute Gasteiger partial charge is 0.393 e. The Labute approximate surface area is 124 Å². The summed E-state index contributed by atoms with van der Waals surface area (Å²) in [4.78, 5) is 15.1. The van der Waals surface area contributed by atoms with E-state index in [0.29, 0.717) is 0 Å². The lowest BCUT2D eigenvalue weighted by atomic mass is 10.2. The lowest BCUT2D eigenvalue weighted by Crippen LogP contribution is -2.38. The number of alkyl halides is 5. The molecule has 0 aromatic carbocycles. The first-order valence-corrected chi connectivity index (χ1v) is 6.06. The van der Waals surface area contributed by atoms with E-state index in [1.807, 2.05) is 10.6 Å². The monoisotopic (exact) mass is 327 g/mol. The zero-order valence-electron chi connectivity index (χ0n) is 12.8. The van der Waals surface area contributed by atoms with E-state index in [1.165, 1.54) is 0 Å². The third-order valence-electron chi connectivity index (χ3n) is 2.79. The quantitative estimate of drug-likeness (QED) is 0.817. The predicted octanol–water partition coefficient (Wildman–Crippen LogP) is 2.43. The number of ether oxygens (including phenoxy) is 1. The Kier molecular flexibility index (Phi) is 3.89. The van der Waals surface area contributed by atoms with E-state index < -0.39 is 43.2 Å². The number of hydrogen-bond donors (Lipinski definition) is 2. The highest BCUT2D eigenvalue weighted by atomic mass is 19.4. The molecule has 2 amide bonds. The summed E-state index contributed by atoms with van der Waals surface area (Å²) in [5, 5.41) is 3.85. The average molecular weight is 327 g/mol. The van der Waals surface area contributed by atoms with Crippen LogP contribution in [0.1, 0.15) is 14.7 Å². The van der Waals surface area contributed by atoms with Gasteiger partial charge in [0.25, 0.3) is 0 Å². The first kappa shape index (κ1) is 13.5. The summed E-state index contributed by atoms with van der Waals surface area (Å²) in [7, 11) is 0. The van der Waals surface area contributed by atoms with Gasteiger partial charge in [0.2, 0.25) is 5.88 Å². The fraction of sp³-hybridized carbons (Fsp3) is 0.500. The lowest BCUT2D eigenvalue weighted by Gasteiger charge is -2.09. The molecule has 5 nitrogen and oxygen atoms in total. The van der Waals surface area contributed by atoms with Crippen LogP contribution in [-0.2, 0) is 6.50 Å². The molecule has 1 aromatic rings. The molecule has 0 radical (unpaired) electrons. The molecule has 10 heteroatoms. The summed E-state index contributed by atoms with van der Waals surface area (Å²) in [6.45, 7) is -5.69. The number of nitrogens with zero attached hydrogens (tertiary/aromatic N) is 1. The number of amides is 2. The average Bonchev–Trinajstić information content (AvgIpc) is 3.16. The molecule has 0 bridgehead atoms. The Morgan fingerprint density at radius 2 is 2.27 bits per heavy atom. The summed E-state index contributed by atoms with van der Waals surface area (Å²) < 4.78 is 80.8. The molecule has 0 spiro atoms. The van der Waals surface area contributed by atoms with Crippen LogP contribution in [0, 0.1) is 5.92 Å². The number of nitrogens with one attached hydrogen (secondary N) is 2. The van der Waals surface area contributed by atoms with Crippen LogP contribution >= 0.6 is 0 Å². The topological polar surface area (TPSA) is 63.2 Å². The fourth-order valence-corrected chi connectivity index (χ4v) is 1.69. The number of rotatable bonds is 5. The van der Waals surface area contributed by atoms with Crippen molar-refractivity contribution < 1.29 is 34.2 Å². The van der Waals surface area contributed by atoms with Gasteiger partial charge in [-0.15, -0.1) is 0 Å². The summed E-state index contributed by atoms with van der Waals surface area (Å²) in [6.07, 6.45) is -3.71. The molecule has 0 saturated heterocycles. The van der Waals surface area contributed by atoms with Gasteiger partial charge in [-0.1, -0.05) is 0 Å². The fourth-order valence-electron chi connectivity index (χ4n) is 1.69. The van der Waals surface area contributed by atoms with Crippen molar-refractivity contribution in [1.82, 2.24) is 15.6 Å². The van der Waals surface area contributed by atoms with Crippen molar-refractivity contribution in [2.24, 2.45) is 5.92 Å². The molecule has 1 aromatic heterocycles. The maximum absolute atomic E-state index is 12.4. The SMILES string of the molecule is [2H]C([2H])(NC(=O)NC1CC1C(F)(F)F)c1ccnc(OC(F)F)c1. The maximum atomic E-state index is 12.4. The number of halogens is 5. The van der Waals surface area contributed by atoms with Gasteiger partial charge in [0.05, 0.1) is 8.66 Å². The molecule has 0 aliphatic heterocycles. The van der Waals surface area contributed by atoms with Crippen LogP contribution in [0.4, 0.5) is 26.7 Å². The maximum Gasteiger partial charge on any atom is 0.393 e. The second-order valence-electron chi connectivity index (χ2n) is 4.48. The van der Waals surface area contributed by atoms with Crippen LogP contribution < -0.4 is 15.4 Å². The molecular formula is C12H12F5N3O2. The predicted molar refractivity (Wildman–Crippen MR) is 64.2 cm³/mol. The minimum absolute atomic E-state index is 0.258. The van der Waals surface area contributed by atoms with Crippen LogP contribution in [0.3, 0.4) is 0 Å². The van der Waals surface area contributed by atoms with Crippen molar-refractivity contribution in [1.29, 1.82) is 0 Å². The number of carbonyl (C=O) groups excluding carboxylic acids is 1. The van der Waals surface area contributed by atoms with E-state index >= 15 is 0 Å². The third kappa shape index (κ3) is 4.71. The van der Waals surface area contributed by atoms with E-state index in [2.05, 4.69) is 9.72 Å². The normalized spacial score (nSPS) is 22.6. The van der Waals surface area contributed by atoms with Gasteiger partial charge in [-0.25, -0.2) is 9.78 Å². The molecule has 2 atom stereocenters. The Morgan fingerprint density at radius 1 is 1.55 bits per heavy atom. The van der Waals surface area contributed by atoms with Gasteiger partial charge in [-0.3, -0.25) is 0 Å². The number of pyridine rings is 1. The summed E-state index contributed by atoms with van der Waals surface area (Å²) in [5.74, 6) is -2.21. The van der Waals surface area contributed by atoms with Gasteiger partial charge in [0.15, 0.2) is 0 Å². The number of urea groups is 1. The highest BCUT2D eigenvalue weighted by Crippen LogP contribution is 2.44. The van der Waals surface area contributed by atoms with Crippen LogP contribution in [0.15, 0.2) is 18.3 Å². The molecule has 1 saturated carbocycles. The van der Waals surface area contributed by atoms with Gasteiger partial charge in [-0.2, -0.15) is 22.0 Å². The van der Waals surface area contributed by atoms with Crippen molar-refractivity contribution in [2.75, 3.05) is 0 Å². The van der Waals surface area contributed by atoms with Gasteiger partial charge < -0.3 is 15.4 Å². The zero-order chi connectivity index (χ0) is 18.1. The van der Waals surface area contributed by atoms with E-state index in [0.717, 1.165) is 18.3 Å². The molecule has 1 fully saturated rings. The summed E-state index contributed by atoms with van der Waals surface area (Å²) in [5.41, 5.74) is -0.258. The van der Waals surface area contributed by atoms with Crippen molar-refractivity contribution >= 4 is 6.03 Å². The second kappa shape index (κ2) is 6.32. The van der Waals surface area contributed by atoms with Gasteiger partial charge in [0.1, 0.15) is 0 Å². The Morgan fingerprint density at radius 3 is 2.86 bits per heavy atom. The van der Waals surface area contributed by atoms with Crippen LogP contribution in [0.25, 0.3) is 0 Å². The van der Waals surface area contributed by atoms with Crippen molar-refractivity contribution in [2.45, 2.75) is 31.7 Å². The first-order chi connectivity index (χ1) is 11.0. The van der Waals surface area contributed by atoms with E-state index in [1.54, 1.807) is 0 Å². The van der Waals surface area contributed by atoms with E-state index in [-0.39, 0.29) is 12.0 Å². The van der Waals surface area contributed by atoms with Crippen LogP contribution in [0.5, 0.6) is 5.88 Å². The zero-order valence-corrected chi connectivity index (χ0v) is 10.8. The van der Waals surface area contributed by atoms with Crippen molar-refractivity contribution in [3.05, 3.63) is 23.9 Å². The summed E-state index contributed by atoms with van der Waals surface area (Å²) >= 11 is 0. The molecule has 1 heterocycles. The molecule has 1 aliphatic rings. The van der Waals surface area contributed by atoms with Crippen molar-refractivity contribution in [3.63, 3.8) is 0 Å². The molecule has 2 N–H and O–H groups in total. The highest BCUT2D eigenvalue weighted by Gasteiger charge is 2.56. The van der Waals surface area contributed by atoms with Gasteiger partial charge >= 0.3 is 18.8 Å². The Balaban J connectivity index is 1.97. The van der Waals surface area contributed by atoms with Gasteiger partial charge in [0, 0.05) is 24.8 Å². The minimum atomic E-state index is -4.43. The molecular weight excluding hydrogens is 313 g/mol. The highest BCUT2D eigenvalue weighted by molar-refractivity contribution is 5.74. The molecule has 1 aliphatic carbocycles. The van der Waals surface area contributed by atoms with E-state index in [4.69, 9.17) is 2.74 Å². The first-order valence-electron chi connectivity index (χ1n) is 7.06. The standard InChI is InChI=1S/C12H12F5N3O2/c13-10(14)22-9-3-6(1-2-18-9)5-19-11(21)20-8-4-7(8)12(15,16)17/h1-3,7-8,10H,4-5H2,(H2,19,20,21)/i5D2. The molecule has 22 heavy (non-hydrogen) atoms. The van der Waals surface area contributed by atoms with Gasteiger partial charge in [-0.05, 0) is 18.1 Å². The third-order valence-corrected chi connectivity index (χ3v) is 2.79. The largest absolute Gasteiger partial charge is 0.417 e. The summed E-state index contributed by atoms with van der Waals surface area (Å²) in [6, 6.07) is -0.308.